The summed E-state index contributed by atoms with van der Waals surface area (Å²) in [5.74, 6) is -2.38. The number of methoxy groups -OCH3 is 1. The van der Waals surface area contributed by atoms with E-state index < -0.39 is 33.6 Å². The second kappa shape index (κ2) is 5.35. The van der Waals surface area contributed by atoms with Crippen LogP contribution in [-0.4, -0.2) is 33.7 Å². The van der Waals surface area contributed by atoms with Gasteiger partial charge in [0, 0.05) is 18.9 Å². The molecule has 1 saturated heterocycles. The quantitative estimate of drug-likeness (QED) is 0.791. The molecule has 0 bridgehead atoms. The molecule has 1 aromatic carbocycles. The molecule has 20 heavy (non-hydrogen) atoms. The number of anilines is 1. The van der Waals surface area contributed by atoms with Gasteiger partial charge in [-0.2, -0.15) is 8.42 Å². The fourth-order valence-electron chi connectivity index (χ4n) is 2.31. The molecule has 110 valence electrons. The third kappa shape index (κ3) is 3.06. The molecule has 0 aromatic heterocycles. The highest BCUT2D eigenvalue weighted by atomic mass is 32.3. The van der Waals surface area contributed by atoms with Crippen molar-refractivity contribution in [3.05, 3.63) is 24.0 Å². The van der Waals surface area contributed by atoms with Crippen LogP contribution < -0.4 is 9.64 Å². The minimum absolute atomic E-state index is 0.0428. The van der Waals surface area contributed by atoms with Crippen molar-refractivity contribution in [1.82, 2.24) is 0 Å². The molecule has 0 aliphatic carbocycles. The van der Waals surface area contributed by atoms with Gasteiger partial charge < -0.3 is 9.64 Å². The molecule has 1 amide bonds. The summed E-state index contributed by atoms with van der Waals surface area (Å²) in [6, 6.07) is 4.09. The summed E-state index contributed by atoms with van der Waals surface area (Å²) in [5.41, 5.74) is -0.0428. The van der Waals surface area contributed by atoms with E-state index in [1.165, 1.54) is 25.3 Å². The molecular weight excluding hydrogens is 292 g/mol. The van der Waals surface area contributed by atoms with Crippen molar-refractivity contribution in [2.45, 2.75) is 6.42 Å². The van der Waals surface area contributed by atoms with Crippen LogP contribution in [-0.2, 0) is 15.0 Å². The maximum atomic E-state index is 13.9. The van der Waals surface area contributed by atoms with E-state index in [-0.39, 0.29) is 24.4 Å². The number of rotatable bonds is 4. The minimum atomic E-state index is -4.67. The van der Waals surface area contributed by atoms with Crippen molar-refractivity contribution in [3.8, 4) is 5.75 Å². The summed E-state index contributed by atoms with van der Waals surface area (Å²) < 4.78 is 52.8. The Morgan fingerprint density at radius 2 is 2.15 bits per heavy atom. The van der Waals surface area contributed by atoms with E-state index in [4.69, 9.17) is 4.74 Å². The lowest BCUT2D eigenvalue weighted by Crippen LogP contribution is -2.26. The second-order valence-electron chi connectivity index (χ2n) is 4.57. The van der Waals surface area contributed by atoms with Crippen LogP contribution in [0.25, 0.3) is 0 Å². The topological polar surface area (TPSA) is 63.7 Å². The summed E-state index contributed by atoms with van der Waals surface area (Å²) in [4.78, 5) is 13.0. The lowest BCUT2D eigenvalue weighted by atomic mass is 10.1. The van der Waals surface area contributed by atoms with Gasteiger partial charge in [0.05, 0.1) is 12.9 Å². The van der Waals surface area contributed by atoms with E-state index in [0.717, 1.165) is 4.90 Å². The van der Waals surface area contributed by atoms with Gasteiger partial charge in [-0.05, 0) is 12.1 Å². The molecule has 1 heterocycles. The number of para-hydroxylation sites is 1. The average molecular weight is 305 g/mol. The van der Waals surface area contributed by atoms with Crippen LogP contribution in [0, 0.1) is 11.7 Å². The Kier molecular flexibility index (Phi) is 3.94. The number of hydrogen-bond donors (Lipinski definition) is 0. The van der Waals surface area contributed by atoms with Crippen LogP contribution in [0.4, 0.5) is 14.0 Å². The Morgan fingerprint density at radius 1 is 1.45 bits per heavy atom. The van der Waals surface area contributed by atoms with Gasteiger partial charge in [-0.15, -0.1) is 3.89 Å². The standard InChI is InChI=1S/C12H13F2NO4S/c1-19-10-4-2-3-9(13)12(10)15-6-8(5-11(15)16)7-20(14,17)18/h2-4,8H,5-7H2,1H3. The number of halogens is 2. The number of hydrogen-bond acceptors (Lipinski definition) is 4. The zero-order chi connectivity index (χ0) is 14.9. The summed E-state index contributed by atoms with van der Waals surface area (Å²) in [6.45, 7) is -0.0563. The summed E-state index contributed by atoms with van der Waals surface area (Å²) in [7, 11) is -3.33. The van der Waals surface area contributed by atoms with Crippen molar-refractivity contribution in [2.24, 2.45) is 5.92 Å². The van der Waals surface area contributed by atoms with Gasteiger partial charge in [0.15, 0.2) is 5.82 Å². The maximum Gasteiger partial charge on any atom is 0.302 e. The Bertz CT molecular complexity index is 632. The molecule has 1 aromatic rings. The number of nitrogens with zero attached hydrogens (tertiary/aromatic N) is 1. The average Bonchev–Trinajstić information content (AvgIpc) is 2.67. The Labute approximate surface area is 115 Å². The van der Waals surface area contributed by atoms with Gasteiger partial charge in [0.25, 0.3) is 0 Å². The van der Waals surface area contributed by atoms with Crippen molar-refractivity contribution in [2.75, 3.05) is 24.3 Å². The largest absolute Gasteiger partial charge is 0.494 e. The maximum absolute atomic E-state index is 13.9. The van der Waals surface area contributed by atoms with Gasteiger partial charge in [0.1, 0.15) is 11.4 Å². The van der Waals surface area contributed by atoms with Crippen LogP contribution in [0.5, 0.6) is 5.75 Å². The normalized spacial score (nSPS) is 19.4. The molecule has 1 unspecified atom stereocenters. The first kappa shape index (κ1) is 14.7. The van der Waals surface area contributed by atoms with Crippen molar-refractivity contribution >= 4 is 21.8 Å². The zero-order valence-corrected chi connectivity index (χ0v) is 11.5. The summed E-state index contributed by atoms with van der Waals surface area (Å²) >= 11 is 0. The zero-order valence-electron chi connectivity index (χ0n) is 10.7. The van der Waals surface area contributed by atoms with Crippen molar-refractivity contribution in [1.29, 1.82) is 0 Å². The van der Waals surface area contributed by atoms with E-state index >= 15 is 0 Å². The smallest absolute Gasteiger partial charge is 0.302 e. The number of carbonyl (C=O) groups is 1. The van der Waals surface area contributed by atoms with Crippen molar-refractivity contribution in [3.63, 3.8) is 0 Å². The number of amides is 1. The van der Waals surface area contributed by atoms with Gasteiger partial charge in [0.2, 0.25) is 5.91 Å². The summed E-state index contributed by atoms with van der Waals surface area (Å²) in [5, 5.41) is 0. The predicted octanol–water partition coefficient (Wildman–Crippen LogP) is 1.49. The molecule has 0 radical (unpaired) electrons. The van der Waals surface area contributed by atoms with E-state index in [1.54, 1.807) is 0 Å². The minimum Gasteiger partial charge on any atom is -0.494 e. The number of carbonyl (C=O) groups excluding carboxylic acids is 1. The second-order valence-corrected chi connectivity index (χ2v) is 5.98. The summed E-state index contributed by atoms with van der Waals surface area (Å²) in [6.07, 6.45) is -0.138. The molecule has 5 nitrogen and oxygen atoms in total. The van der Waals surface area contributed by atoms with Crippen LogP contribution in [0.3, 0.4) is 0 Å². The van der Waals surface area contributed by atoms with Gasteiger partial charge in [-0.3, -0.25) is 4.79 Å². The van der Waals surface area contributed by atoms with Crippen LogP contribution in [0.1, 0.15) is 6.42 Å². The monoisotopic (exact) mass is 305 g/mol. The molecule has 8 heteroatoms. The predicted molar refractivity (Wildman–Crippen MR) is 68.3 cm³/mol. The molecule has 1 aliphatic rings. The molecule has 0 spiro atoms. The lowest BCUT2D eigenvalue weighted by Gasteiger charge is -2.20. The van der Waals surface area contributed by atoms with Crippen LogP contribution in [0.2, 0.25) is 0 Å². The highest BCUT2D eigenvalue weighted by molar-refractivity contribution is 7.86. The molecule has 1 fully saturated rings. The first-order chi connectivity index (χ1) is 9.31. The van der Waals surface area contributed by atoms with Crippen LogP contribution >= 0.6 is 0 Å². The molecule has 1 aliphatic heterocycles. The van der Waals surface area contributed by atoms with E-state index in [9.17, 15) is 21.5 Å². The van der Waals surface area contributed by atoms with E-state index in [0.29, 0.717) is 0 Å². The highest BCUT2D eigenvalue weighted by Crippen LogP contribution is 2.35. The fraction of sp³-hybridized carbons (Fsp3) is 0.417. The Hall–Kier alpha value is -1.70. The van der Waals surface area contributed by atoms with E-state index in [2.05, 4.69) is 0 Å². The van der Waals surface area contributed by atoms with Gasteiger partial charge >= 0.3 is 10.2 Å². The molecule has 1 atom stereocenters. The molecule has 2 rings (SSSR count). The Morgan fingerprint density at radius 3 is 2.75 bits per heavy atom. The molecular formula is C12H13F2NO4S. The Balaban J connectivity index is 2.29. The fourth-order valence-corrected chi connectivity index (χ4v) is 3.10. The van der Waals surface area contributed by atoms with Crippen molar-refractivity contribution < 1.29 is 26.2 Å². The van der Waals surface area contributed by atoms with Gasteiger partial charge in [-0.1, -0.05) is 6.07 Å². The SMILES string of the molecule is COc1cccc(F)c1N1CC(CS(=O)(=O)F)CC1=O. The van der Waals surface area contributed by atoms with Crippen LogP contribution in [0.15, 0.2) is 18.2 Å². The lowest BCUT2D eigenvalue weighted by molar-refractivity contribution is -0.117. The van der Waals surface area contributed by atoms with E-state index in [1.807, 2.05) is 0 Å². The molecule has 0 N–H and O–H groups in total. The van der Waals surface area contributed by atoms with Gasteiger partial charge in [-0.25, -0.2) is 4.39 Å². The number of ether oxygens (including phenoxy) is 1. The third-order valence-electron chi connectivity index (χ3n) is 3.08. The first-order valence-corrected chi connectivity index (χ1v) is 7.42. The molecule has 0 saturated carbocycles. The highest BCUT2D eigenvalue weighted by Gasteiger charge is 2.36. The first-order valence-electron chi connectivity index (χ1n) is 5.87. The third-order valence-corrected chi connectivity index (χ3v) is 3.95. The number of benzene rings is 1.